The van der Waals surface area contributed by atoms with Gasteiger partial charge in [0.15, 0.2) is 0 Å². The van der Waals surface area contributed by atoms with Crippen molar-refractivity contribution in [3.63, 3.8) is 0 Å². The summed E-state index contributed by atoms with van der Waals surface area (Å²) in [7, 11) is 0. The molecular formula is C30H38F3N3O2. The number of benzene rings is 1. The molecule has 2 atom stereocenters. The minimum atomic E-state index is -3.02. The van der Waals surface area contributed by atoms with Gasteiger partial charge in [0.1, 0.15) is 11.9 Å². The van der Waals surface area contributed by atoms with Crippen LogP contribution in [0.5, 0.6) is 0 Å². The number of carbonyl (C=O) groups excluding carboxylic acids is 1. The number of nitrogens with one attached hydrogen (secondary N) is 1. The summed E-state index contributed by atoms with van der Waals surface area (Å²) in [6.07, 6.45) is 6.24. The van der Waals surface area contributed by atoms with E-state index in [1.165, 1.54) is 6.07 Å². The number of hydrogen-bond acceptors (Lipinski definition) is 4. The number of alkyl halides is 2. The number of piperidine rings is 1. The lowest BCUT2D eigenvalue weighted by Crippen LogP contribution is -2.58. The number of likely N-dealkylation sites (tertiary alicyclic amines) is 1. The van der Waals surface area contributed by atoms with Crippen LogP contribution in [0.1, 0.15) is 75.8 Å². The normalized spacial score (nSPS) is 24.5. The second-order valence-corrected chi connectivity index (χ2v) is 11.4. The molecule has 0 spiro atoms. The predicted octanol–water partition coefficient (Wildman–Crippen LogP) is 5.87. The molecule has 2 aromatic rings. The summed E-state index contributed by atoms with van der Waals surface area (Å²) >= 11 is 0. The van der Waals surface area contributed by atoms with E-state index in [0.717, 1.165) is 61.7 Å². The van der Waals surface area contributed by atoms with Gasteiger partial charge in [0.25, 0.3) is 5.92 Å². The SMILES string of the molecule is CC(C)N1CCC(O[C@H]2CCCC(F)(F)[C@@H]2NC(=O)Cc2cccc(-c3cncc(F)c3)c2C2CC2)CC1. The number of rotatable bonds is 8. The van der Waals surface area contributed by atoms with Crippen LogP contribution < -0.4 is 5.32 Å². The highest BCUT2D eigenvalue weighted by molar-refractivity contribution is 5.81. The van der Waals surface area contributed by atoms with E-state index in [9.17, 15) is 9.18 Å². The zero-order valence-corrected chi connectivity index (χ0v) is 22.3. The van der Waals surface area contributed by atoms with Crippen molar-refractivity contribution in [1.82, 2.24) is 15.2 Å². The fraction of sp³-hybridized carbons (Fsp3) is 0.600. The van der Waals surface area contributed by atoms with Crippen LogP contribution in [0.2, 0.25) is 0 Å². The number of hydrogen-bond donors (Lipinski definition) is 1. The molecule has 1 aliphatic heterocycles. The molecule has 5 nitrogen and oxygen atoms in total. The van der Waals surface area contributed by atoms with Crippen molar-refractivity contribution in [3.8, 4) is 11.1 Å². The molecule has 5 rings (SSSR count). The number of ether oxygens (including phenoxy) is 1. The van der Waals surface area contributed by atoms with E-state index >= 15 is 8.78 Å². The second-order valence-electron chi connectivity index (χ2n) is 11.4. The maximum Gasteiger partial charge on any atom is 0.270 e. The Kier molecular flexibility index (Phi) is 8.10. The van der Waals surface area contributed by atoms with Crippen molar-refractivity contribution in [3.05, 3.63) is 53.6 Å². The zero-order chi connectivity index (χ0) is 26.9. The fourth-order valence-corrected chi connectivity index (χ4v) is 6.08. The molecule has 0 bridgehead atoms. The number of nitrogens with zero attached hydrogens (tertiary/aromatic N) is 2. The first-order chi connectivity index (χ1) is 18.2. The van der Waals surface area contributed by atoms with Gasteiger partial charge in [-0.2, -0.15) is 0 Å². The van der Waals surface area contributed by atoms with Crippen molar-refractivity contribution >= 4 is 5.91 Å². The van der Waals surface area contributed by atoms with E-state index < -0.39 is 29.8 Å². The standard InChI is InChI=1S/C30H38F3N3O2/c1-19(2)36-13-10-24(11-14-36)38-26-7-4-12-30(32,33)29(26)35-27(37)16-21-5-3-6-25(28(21)20-8-9-20)22-15-23(31)18-34-17-22/h3,5-6,15,17-20,24,26,29H,4,7-14,16H2,1-2H3,(H,35,37)/t26-,29+/m0/s1. The monoisotopic (exact) mass is 529 g/mol. The molecule has 0 radical (unpaired) electrons. The Bertz CT molecular complexity index is 1130. The quantitative estimate of drug-likeness (QED) is 0.465. The van der Waals surface area contributed by atoms with E-state index in [0.29, 0.717) is 24.4 Å². The van der Waals surface area contributed by atoms with Gasteiger partial charge in [-0.3, -0.25) is 9.78 Å². The first kappa shape index (κ1) is 27.1. The van der Waals surface area contributed by atoms with Crippen LogP contribution in [-0.4, -0.2) is 59.1 Å². The number of pyridine rings is 1. The summed E-state index contributed by atoms with van der Waals surface area (Å²) in [5, 5.41) is 2.68. The molecule has 0 unspecified atom stereocenters. The summed E-state index contributed by atoms with van der Waals surface area (Å²) < 4.78 is 50.4. The Balaban J connectivity index is 1.30. The molecule has 1 aromatic carbocycles. The highest BCUT2D eigenvalue weighted by Gasteiger charge is 2.49. The Hall–Kier alpha value is -2.45. The molecule has 1 aromatic heterocycles. The van der Waals surface area contributed by atoms with Gasteiger partial charge >= 0.3 is 0 Å². The third kappa shape index (κ3) is 6.23. The van der Waals surface area contributed by atoms with Crippen LogP contribution in [-0.2, 0) is 16.0 Å². The molecule has 206 valence electrons. The summed E-state index contributed by atoms with van der Waals surface area (Å²) in [6, 6.07) is 6.17. The largest absolute Gasteiger partial charge is 0.373 e. The van der Waals surface area contributed by atoms with Crippen LogP contribution in [0.15, 0.2) is 36.7 Å². The molecule has 1 amide bonds. The Morgan fingerprint density at radius 2 is 1.92 bits per heavy atom. The van der Waals surface area contributed by atoms with E-state index in [2.05, 4.69) is 29.0 Å². The highest BCUT2D eigenvalue weighted by Crippen LogP contribution is 2.46. The molecule has 2 aliphatic carbocycles. The summed E-state index contributed by atoms with van der Waals surface area (Å²) in [5.41, 5.74) is 3.30. The van der Waals surface area contributed by atoms with Gasteiger partial charge in [0.2, 0.25) is 5.91 Å². The molecule has 3 fully saturated rings. The molecule has 8 heteroatoms. The van der Waals surface area contributed by atoms with Gasteiger partial charge in [0.05, 0.1) is 24.8 Å². The average Bonchev–Trinajstić information content (AvgIpc) is 3.71. The lowest BCUT2D eigenvalue weighted by atomic mass is 9.87. The summed E-state index contributed by atoms with van der Waals surface area (Å²) in [6.45, 7) is 6.11. The van der Waals surface area contributed by atoms with Crippen LogP contribution in [0, 0.1) is 5.82 Å². The molecule has 2 heterocycles. The average molecular weight is 530 g/mol. The molecule has 2 saturated carbocycles. The van der Waals surface area contributed by atoms with Crippen LogP contribution in [0.25, 0.3) is 11.1 Å². The van der Waals surface area contributed by atoms with Crippen molar-refractivity contribution in [2.45, 2.75) is 101 Å². The van der Waals surface area contributed by atoms with Crippen LogP contribution in [0.3, 0.4) is 0 Å². The van der Waals surface area contributed by atoms with Gasteiger partial charge in [-0.1, -0.05) is 18.2 Å². The minimum Gasteiger partial charge on any atom is -0.373 e. The lowest BCUT2D eigenvalue weighted by molar-refractivity contribution is -0.157. The Morgan fingerprint density at radius 1 is 1.16 bits per heavy atom. The van der Waals surface area contributed by atoms with E-state index in [1.807, 2.05) is 18.2 Å². The van der Waals surface area contributed by atoms with Crippen molar-refractivity contribution in [2.75, 3.05) is 13.1 Å². The number of aromatic nitrogens is 1. The van der Waals surface area contributed by atoms with Crippen molar-refractivity contribution in [1.29, 1.82) is 0 Å². The Morgan fingerprint density at radius 3 is 2.61 bits per heavy atom. The first-order valence-corrected chi connectivity index (χ1v) is 14.0. The first-order valence-electron chi connectivity index (χ1n) is 14.0. The van der Waals surface area contributed by atoms with Crippen molar-refractivity contribution < 1.29 is 22.7 Å². The topological polar surface area (TPSA) is 54.5 Å². The van der Waals surface area contributed by atoms with Gasteiger partial charge < -0.3 is 15.0 Å². The summed E-state index contributed by atoms with van der Waals surface area (Å²) in [5.74, 6) is -3.60. The number of carbonyl (C=O) groups is 1. The number of halogens is 3. The van der Waals surface area contributed by atoms with Gasteiger partial charge in [-0.05, 0) is 81.0 Å². The van der Waals surface area contributed by atoms with Crippen molar-refractivity contribution in [2.24, 2.45) is 0 Å². The highest BCUT2D eigenvalue weighted by atomic mass is 19.3. The molecule has 1 N–H and O–H groups in total. The van der Waals surface area contributed by atoms with Gasteiger partial charge in [-0.15, -0.1) is 0 Å². The van der Waals surface area contributed by atoms with Crippen LogP contribution >= 0.6 is 0 Å². The molecule has 38 heavy (non-hydrogen) atoms. The number of amides is 1. The predicted molar refractivity (Wildman–Crippen MR) is 141 cm³/mol. The van der Waals surface area contributed by atoms with Gasteiger partial charge in [-0.25, -0.2) is 13.2 Å². The third-order valence-corrected chi connectivity index (χ3v) is 8.27. The second kappa shape index (κ2) is 11.3. The lowest BCUT2D eigenvalue weighted by Gasteiger charge is -2.42. The maximum absolute atomic E-state index is 15.1. The van der Waals surface area contributed by atoms with Crippen LogP contribution in [0.4, 0.5) is 13.2 Å². The minimum absolute atomic E-state index is 0.00546. The smallest absolute Gasteiger partial charge is 0.270 e. The van der Waals surface area contributed by atoms with E-state index in [1.54, 1.807) is 6.20 Å². The fourth-order valence-electron chi connectivity index (χ4n) is 6.08. The van der Waals surface area contributed by atoms with E-state index in [4.69, 9.17) is 4.74 Å². The third-order valence-electron chi connectivity index (χ3n) is 8.27. The molecular weight excluding hydrogens is 491 g/mol. The molecule has 1 saturated heterocycles. The summed E-state index contributed by atoms with van der Waals surface area (Å²) in [4.78, 5) is 19.6. The maximum atomic E-state index is 15.1. The molecule has 3 aliphatic rings. The van der Waals surface area contributed by atoms with E-state index in [-0.39, 0.29) is 24.9 Å². The Labute approximate surface area is 223 Å². The zero-order valence-electron chi connectivity index (χ0n) is 22.3. The van der Waals surface area contributed by atoms with Gasteiger partial charge in [0, 0.05) is 37.3 Å².